The van der Waals surface area contributed by atoms with E-state index in [0.717, 1.165) is 0 Å². The van der Waals surface area contributed by atoms with Gasteiger partial charge in [0.1, 0.15) is 12.4 Å². The van der Waals surface area contributed by atoms with Crippen molar-refractivity contribution in [3.63, 3.8) is 0 Å². The summed E-state index contributed by atoms with van der Waals surface area (Å²) in [5.74, 6) is 0.389. The molecule has 0 aliphatic heterocycles. The van der Waals surface area contributed by atoms with Gasteiger partial charge in [-0.3, -0.25) is 10.1 Å². The van der Waals surface area contributed by atoms with Crippen molar-refractivity contribution in [3.05, 3.63) is 58.4 Å². The van der Waals surface area contributed by atoms with Crippen LogP contribution in [-0.4, -0.2) is 21.4 Å². The van der Waals surface area contributed by atoms with E-state index in [4.69, 9.17) is 0 Å². The molecular formula is C14H16N4O2. The van der Waals surface area contributed by atoms with E-state index < -0.39 is 4.92 Å². The second-order valence-corrected chi connectivity index (χ2v) is 5.13. The second-order valence-electron chi connectivity index (χ2n) is 5.13. The lowest BCUT2D eigenvalue weighted by atomic mass is 9.85. The van der Waals surface area contributed by atoms with E-state index >= 15 is 0 Å². The molecule has 1 aromatic carbocycles. The van der Waals surface area contributed by atoms with E-state index in [-0.39, 0.29) is 11.1 Å². The lowest BCUT2D eigenvalue weighted by Gasteiger charge is -2.25. The summed E-state index contributed by atoms with van der Waals surface area (Å²) >= 11 is 0. The molecule has 0 spiro atoms. The maximum atomic E-state index is 10.5. The highest BCUT2D eigenvalue weighted by Crippen LogP contribution is 2.22. The third-order valence-corrected chi connectivity index (χ3v) is 3.09. The van der Waals surface area contributed by atoms with Gasteiger partial charge in [0, 0.05) is 12.0 Å². The molecule has 0 amide bonds. The van der Waals surface area contributed by atoms with Crippen molar-refractivity contribution in [2.45, 2.75) is 19.3 Å². The highest BCUT2D eigenvalue weighted by Gasteiger charge is 2.20. The third kappa shape index (κ3) is 3.28. The largest absolute Gasteiger partial charge is 0.353 e. The van der Waals surface area contributed by atoms with Crippen LogP contribution in [0.3, 0.4) is 0 Å². The van der Waals surface area contributed by atoms with Crippen LogP contribution in [0.1, 0.15) is 19.4 Å². The number of nitro groups is 1. The highest BCUT2D eigenvalue weighted by atomic mass is 16.6. The Morgan fingerprint density at radius 1 is 1.20 bits per heavy atom. The summed E-state index contributed by atoms with van der Waals surface area (Å²) in [6.45, 7) is 4.86. The molecule has 104 valence electrons. The van der Waals surface area contributed by atoms with Gasteiger partial charge in [0.15, 0.2) is 0 Å². The topological polar surface area (TPSA) is 81.0 Å². The van der Waals surface area contributed by atoms with Crippen molar-refractivity contribution in [3.8, 4) is 0 Å². The molecule has 6 nitrogen and oxygen atoms in total. The lowest BCUT2D eigenvalue weighted by Crippen LogP contribution is -2.28. The number of hydrogen-bond acceptors (Lipinski definition) is 5. The maximum absolute atomic E-state index is 10.5. The van der Waals surface area contributed by atoms with Gasteiger partial charge in [-0.25, -0.2) is 9.97 Å². The normalized spacial score (nSPS) is 11.1. The van der Waals surface area contributed by atoms with Crippen molar-refractivity contribution in [2.75, 3.05) is 11.9 Å². The molecule has 0 aliphatic rings. The van der Waals surface area contributed by atoms with Crippen LogP contribution >= 0.6 is 0 Å². The third-order valence-electron chi connectivity index (χ3n) is 3.09. The molecule has 0 atom stereocenters. The van der Waals surface area contributed by atoms with Crippen LogP contribution in [0.15, 0.2) is 42.7 Å². The Bertz CT molecular complexity index is 582. The van der Waals surface area contributed by atoms with Gasteiger partial charge in [0.25, 0.3) is 0 Å². The lowest BCUT2D eigenvalue weighted by molar-refractivity contribution is -0.385. The minimum atomic E-state index is -0.516. The maximum Gasteiger partial charge on any atom is 0.305 e. The van der Waals surface area contributed by atoms with E-state index in [1.54, 1.807) is 0 Å². The van der Waals surface area contributed by atoms with Crippen LogP contribution in [0.5, 0.6) is 0 Å². The molecular weight excluding hydrogens is 256 g/mol. The zero-order valence-electron chi connectivity index (χ0n) is 11.4. The van der Waals surface area contributed by atoms with Gasteiger partial charge in [-0.05, 0) is 5.56 Å². The van der Waals surface area contributed by atoms with Gasteiger partial charge in [-0.2, -0.15) is 0 Å². The van der Waals surface area contributed by atoms with Gasteiger partial charge in [-0.1, -0.05) is 44.2 Å². The Morgan fingerprint density at radius 3 is 2.35 bits per heavy atom. The predicted octanol–water partition coefficient (Wildman–Crippen LogP) is 2.77. The first kappa shape index (κ1) is 13.9. The Kier molecular flexibility index (Phi) is 3.93. The summed E-state index contributed by atoms with van der Waals surface area (Å²) in [7, 11) is 0. The fourth-order valence-corrected chi connectivity index (χ4v) is 1.80. The van der Waals surface area contributed by atoms with E-state index in [1.165, 1.54) is 18.0 Å². The molecule has 0 unspecified atom stereocenters. The van der Waals surface area contributed by atoms with Gasteiger partial charge in [0.05, 0.1) is 4.92 Å². The van der Waals surface area contributed by atoms with E-state index in [2.05, 4.69) is 41.3 Å². The monoisotopic (exact) mass is 272 g/mol. The molecule has 0 saturated carbocycles. The van der Waals surface area contributed by atoms with Gasteiger partial charge >= 0.3 is 5.69 Å². The van der Waals surface area contributed by atoms with Crippen molar-refractivity contribution in [2.24, 2.45) is 0 Å². The fourth-order valence-electron chi connectivity index (χ4n) is 1.80. The Morgan fingerprint density at radius 2 is 1.80 bits per heavy atom. The van der Waals surface area contributed by atoms with E-state index in [1.807, 2.05) is 18.2 Å². The Balaban J connectivity index is 2.03. The molecule has 1 aromatic heterocycles. The van der Waals surface area contributed by atoms with Crippen LogP contribution in [-0.2, 0) is 5.41 Å². The standard InChI is InChI=1S/C14H16N4O2/c1-14(2,11-6-4-3-5-7-11)10-17-13-15-8-12(9-16-13)18(19)20/h3-9H,10H2,1-2H3,(H,15,16,17). The summed E-state index contributed by atoms with van der Waals surface area (Å²) < 4.78 is 0. The average molecular weight is 272 g/mol. The molecule has 0 saturated heterocycles. The molecule has 1 N–H and O–H groups in total. The number of hydrogen-bond donors (Lipinski definition) is 1. The Hall–Kier alpha value is -2.50. The van der Waals surface area contributed by atoms with Gasteiger partial charge in [-0.15, -0.1) is 0 Å². The first-order valence-corrected chi connectivity index (χ1v) is 6.25. The van der Waals surface area contributed by atoms with Crippen LogP contribution < -0.4 is 5.32 Å². The van der Waals surface area contributed by atoms with Crippen LogP contribution in [0.25, 0.3) is 0 Å². The van der Waals surface area contributed by atoms with Crippen molar-refractivity contribution in [1.29, 1.82) is 0 Å². The summed E-state index contributed by atoms with van der Waals surface area (Å²) in [5, 5.41) is 13.6. The second kappa shape index (κ2) is 5.64. The van der Waals surface area contributed by atoms with Crippen LogP contribution in [0, 0.1) is 10.1 Å². The van der Waals surface area contributed by atoms with Crippen molar-refractivity contribution in [1.82, 2.24) is 9.97 Å². The molecule has 0 aliphatic carbocycles. The number of rotatable bonds is 5. The van der Waals surface area contributed by atoms with Crippen LogP contribution in [0.4, 0.5) is 11.6 Å². The fraction of sp³-hybridized carbons (Fsp3) is 0.286. The first-order chi connectivity index (χ1) is 9.49. The summed E-state index contributed by atoms with van der Waals surface area (Å²) in [5.41, 5.74) is 0.999. The van der Waals surface area contributed by atoms with Gasteiger partial charge < -0.3 is 5.32 Å². The minimum absolute atomic E-state index is 0.0909. The number of benzene rings is 1. The zero-order chi connectivity index (χ0) is 14.6. The molecule has 1 heterocycles. The number of anilines is 1. The molecule has 0 radical (unpaired) electrons. The summed E-state index contributed by atoms with van der Waals surface area (Å²) in [4.78, 5) is 17.9. The molecule has 0 fully saturated rings. The molecule has 2 rings (SSSR count). The molecule has 6 heteroatoms. The predicted molar refractivity (Wildman–Crippen MR) is 76.6 cm³/mol. The molecule has 2 aromatic rings. The number of aromatic nitrogens is 2. The smallest absolute Gasteiger partial charge is 0.305 e. The molecule has 20 heavy (non-hydrogen) atoms. The van der Waals surface area contributed by atoms with Crippen molar-refractivity contribution >= 4 is 11.6 Å². The number of nitrogens with one attached hydrogen (secondary N) is 1. The van der Waals surface area contributed by atoms with E-state index in [9.17, 15) is 10.1 Å². The summed E-state index contributed by atoms with van der Waals surface area (Å²) in [6.07, 6.45) is 2.40. The first-order valence-electron chi connectivity index (χ1n) is 6.25. The molecule has 0 bridgehead atoms. The average Bonchev–Trinajstić information content (AvgIpc) is 2.46. The van der Waals surface area contributed by atoms with Crippen LogP contribution in [0.2, 0.25) is 0 Å². The van der Waals surface area contributed by atoms with Gasteiger partial charge in [0.2, 0.25) is 5.95 Å². The van der Waals surface area contributed by atoms with E-state index in [0.29, 0.717) is 12.5 Å². The van der Waals surface area contributed by atoms with Crippen molar-refractivity contribution < 1.29 is 4.92 Å². The quantitative estimate of drug-likeness (QED) is 0.668. The number of nitrogens with zero attached hydrogens (tertiary/aromatic N) is 3. The SMILES string of the molecule is CC(C)(CNc1ncc([N+](=O)[O-])cn1)c1ccccc1. The Labute approximate surface area is 117 Å². The minimum Gasteiger partial charge on any atom is -0.353 e. The highest BCUT2D eigenvalue weighted by molar-refractivity contribution is 5.33. The zero-order valence-corrected chi connectivity index (χ0v) is 11.4. The summed E-state index contributed by atoms with van der Waals surface area (Å²) in [6, 6.07) is 10.1.